The molecule has 1 aromatic rings. The molecule has 1 aromatic heterocycles. The van der Waals surface area contributed by atoms with E-state index in [4.69, 9.17) is 5.84 Å². The standard InChI is InChI=1S/C14H20N4O/c15-18-12-3-4-13(16-8-12)14(19)17-7-11-6-9-1-2-10(11)5-9/h3-4,8-11,18H,1-2,5-7,15H2,(H,17,19). The number of anilines is 1. The van der Waals surface area contributed by atoms with Crippen LogP contribution in [0.25, 0.3) is 0 Å². The number of carbonyl (C=O) groups excluding carboxylic acids is 1. The lowest BCUT2D eigenvalue weighted by Gasteiger charge is -2.21. The Balaban J connectivity index is 1.53. The summed E-state index contributed by atoms with van der Waals surface area (Å²) in [6, 6.07) is 3.44. The quantitative estimate of drug-likeness (QED) is 0.566. The smallest absolute Gasteiger partial charge is 0.269 e. The van der Waals surface area contributed by atoms with Gasteiger partial charge < -0.3 is 10.7 Å². The normalized spacial score (nSPS) is 28.4. The molecule has 1 heterocycles. The summed E-state index contributed by atoms with van der Waals surface area (Å²) < 4.78 is 0. The van der Waals surface area contributed by atoms with Crippen LogP contribution >= 0.6 is 0 Å². The summed E-state index contributed by atoms with van der Waals surface area (Å²) in [6.45, 7) is 0.790. The summed E-state index contributed by atoms with van der Waals surface area (Å²) in [5, 5.41) is 3.01. The Hall–Kier alpha value is -1.62. The van der Waals surface area contributed by atoms with Crippen molar-refractivity contribution in [3.8, 4) is 0 Å². The summed E-state index contributed by atoms with van der Waals surface area (Å²) in [5.74, 6) is 7.60. The van der Waals surface area contributed by atoms with Crippen molar-refractivity contribution in [3.05, 3.63) is 24.0 Å². The maximum absolute atomic E-state index is 12.0. The number of amides is 1. The third-order valence-corrected chi connectivity index (χ3v) is 4.57. The Bertz CT molecular complexity index is 459. The number of rotatable bonds is 4. The predicted octanol–water partition coefficient (Wildman–Crippen LogP) is 1.53. The van der Waals surface area contributed by atoms with Crippen molar-refractivity contribution < 1.29 is 4.79 Å². The highest BCUT2D eigenvalue weighted by Gasteiger charge is 2.39. The molecule has 2 saturated carbocycles. The first-order chi connectivity index (χ1) is 9.26. The van der Waals surface area contributed by atoms with Crippen molar-refractivity contribution in [2.24, 2.45) is 23.6 Å². The number of carbonyl (C=O) groups is 1. The highest BCUT2D eigenvalue weighted by atomic mass is 16.1. The van der Waals surface area contributed by atoms with Gasteiger partial charge in [-0.1, -0.05) is 6.42 Å². The van der Waals surface area contributed by atoms with Gasteiger partial charge in [-0.05, 0) is 49.1 Å². The molecule has 2 aliphatic carbocycles. The molecule has 4 N–H and O–H groups in total. The zero-order valence-electron chi connectivity index (χ0n) is 10.9. The van der Waals surface area contributed by atoms with E-state index in [0.717, 1.165) is 18.4 Å². The number of nitrogens with two attached hydrogens (primary N) is 1. The minimum absolute atomic E-state index is 0.0913. The van der Waals surface area contributed by atoms with E-state index in [2.05, 4.69) is 15.7 Å². The Kier molecular flexibility index (Phi) is 3.38. The van der Waals surface area contributed by atoms with Crippen LogP contribution in [0.15, 0.2) is 18.3 Å². The van der Waals surface area contributed by atoms with Crippen LogP contribution in [0.4, 0.5) is 5.69 Å². The highest BCUT2D eigenvalue weighted by molar-refractivity contribution is 5.92. The van der Waals surface area contributed by atoms with Gasteiger partial charge in [0, 0.05) is 6.54 Å². The lowest BCUT2D eigenvalue weighted by atomic mass is 9.89. The molecule has 19 heavy (non-hydrogen) atoms. The topological polar surface area (TPSA) is 80.0 Å². The lowest BCUT2D eigenvalue weighted by molar-refractivity contribution is 0.0937. The summed E-state index contributed by atoms with van der Waals surface area (Å²) >= 11 is 0. The van der Waals surface area contributed by atoms with Gasteiger partial charge in [0.15, 0.2) is 0 Å². The van der Waals surface area contributed by atoms with Crippen LogP contribution in [0.5, 0.6) is 0 Å². The molecule has 0 saturated heterocycles. The zero-order chi connectivity index (χ0) is 13.2. The molecule has 3 atom stereocenters. The first kappa shape index (κ1) is 12.4. The van der Waals surface area contributed by atoms with Gasteiger partial charge in [0.25, 0.3) is 5.91 Å². The molecular formula is C14H20N4O. The van der Waals surface area contributed by atoms with Gasteiger partial charge in [-0.2, -0.15) is 0 Å². The monoisotopic (exact) mass is 260 g/mol. The zero-order valence-corrected chi connectivity index (χ0v) is 10.9. The van der Waals surface area contributed by atoms with E-state index in [-0.39, 0.29) is 5.91 Å². The van der Waals surface area contributed by atoms with Gasteiger partial charge in [-0.25, -0.2) is 4.98 Å². The number of fused-ring (bicyclic) bond motifs is 2. The first-order valence-electron chi connectivity index (χ1n) is 6.97. The van der Waals surface area contributed by atoms with E-state index in [1.807, 2.05) is 0 Å². The fraction of sp³-hybridized carbons (Fsp3) is 0.571. The molecule has 102 valence electrons. The van der Waals surface area contributed by atoms with Gasteiger partial charge in [-0.15, -0.1) is 0 Å². The maximum Gasteiger partial charge on any atom is 0.269 e. The summed E-state index contributed by atoms with van der Waals surface area (Å²) in [4.78, 5) is 16.1. The molecule has 2 fully saturated rings. The van der Waals surface area contributed by atoms with Crippen molar-refractivity contribution in [3.63, 3.8) is 0 Å². The van der Waals surface area contributed by atoms with Gasteiger partial charge in [0.2, 0.25) is 0 Å². The third-order valence-electron chi connectivity index (χ3n) is 4.57. The first-order valence-corrected chi connectivity index (χ1v) is 6.97. The number of nitrogens with zero attached hydrogens (tertiary/aromatic N) is 1. The molecule has 0 radical (unpaired) electrons. The van der Waals surface area contributed by atoms with Crippen molar-refractivity contribution >= 4 is 11.6 Å². The number of hydrazine groups is 1. The van der Waals surface area contributed by atoms with Crippen LogP contribution in [0.3, 0.4) is 0 Å². The number of nitrogen functional groups attached to an aromatic ring is 1. The van der Waals surface area contributed by atoms with Crippen molar-refractivity contribution in [1.82, 2.24) is 10.3 Å². The number of aromatic nitrogens is 1. The molecule has 2 aliphatic rings. The average Bonchev–Trinajstić information content (AvgIpc) is 3.07. The molecule has 0 aromatic carbocycles. The highest BCUT2D eigenvalue weighted by Crippen LogP contribution is 2.47. The number of hydrogen-bond acceptors (Lipinski definition) is 4. The second-order valence-electron chi connectivity index (χ2n) is 5.72. The lowest BCUT2D eigenvalue weighted by Crippen LogP contribution is -2.32. The van der Waals surface area contributed by atoms with Gasteiger partial charge in [0.05, 0.1) is 11.9 Å². The van der Waals surface area contributed by atoms with Crippen LogP contribution in [0.2, 0.25) is 0 Å². The van der Waals surface area contributed by atoms with E-state index in [1.165, 1.54) is 25.7 Å². The minimum atomic E-state index is -0.0913. The van der Waals surface area contributed by atoms with Gasteiger partial charge >= 0.3 is 0 Å². The fourth-order valence-corrected chi connectivity index (χ4v) is 3.55. The van der Waals surface area contributed by atoms with Crippen molar-refractivity contribution in [2.75, 3.05) is 12.0 Å². The van der Waals surface area contributed by atoms with E-state index >= 15 is 0 Å². The number of hydrogen-bond donors (Lipinski definition) is 3. The third kappa shape index (κ3) is 2.56. The summed E-state index contributed by atoms with van der Waals surface area (Å²) in [7, 11) is 0. The molecule has 3 unspecified atom stereocenters. The SMILES string of the molecule is NNc1ccc(C(=O)NCC2CC3CCC2C3)nc1. The van der Waals surface area contributed by atoms with Crippen molar-refractivity contribution in [1.29, 1.82) is 0 Å². The number of pyridine rings is 1. The van der Waals surface area contributed by atoms with E-state index in [0.29, 0.717) is 17.3 Å². The fourth-order valence-electron chi connectivity index (χ4n) is 3.55. The van der Waals surface area contributed by atoms with E-state index < -0.39 is 0 Å². The second-order valence-corrected chi connectivity index (χ2v) is 5.72. The molecule has 0 aliphatic heterocycles. The van der Waals surface area contributed by atoms with Crippen LogP contribution in [0.1, 0.15) is 36.2 Å². The molecule has 2 bridgehead atoms. The van der Waals surface area contributed by atoms with Crippen LogP contribution in [-0.4, -0.2) is 17.4 Å². The molecule has 5 heteroatoms. The molecule has 3 rings (SSSR count). The minimum Gasteiger partial charge on any atom is -0.350 e. The van der Waals surface area contributed by atoms with Crippen LogP contribution < -0.4 is 16.6 Å². The second kappa shape index (κ2) is 5.17. The van der Waals surface area contributed by atoms with Crippen LogP contribution in [-0.2, 0) is 0 Å². The van der Waals surface area contributed by atoms with Crippen molar-refractivity contribution in [2.45, 2.75) is 25.7 Å². The van der Waals surface area contributed by atoms with Gasteiger partial charge in [-0.3, -0.25) is 10.6 Å². The largest absolute Gasteiger partial charge is 0.350 e. The Morgan fingerprint density at radius 3 is 2.84 bits per heavy atom. The Morgan fingerprint density at radius 1 is 1.37 bits per heavy atom. The Morgan fingerprint density at radius 2 is 2.26 bits per heavy atom. The van der Waals surface area contributed by atoms with E-state index in [1.54, 1.807) is 18.3 Å². The van der Waals surface area contributed by atoms with Gasteiger partial charge in [0.1, 0.15) is 5.69 Å². The average molecular weight is 260 g/mol. The van der Waals surface area contributed by atoms with E-state index in [9.17, 15) is 4.79 Å². The maximum atomic E-state index is 12.0. The molecule has 0 spiro atoms. The molecule has 5 nitrogen and oxygen atoms in total. The Labute approximate surface area is 112 Å². The summed E-state index contributed by atoms with van der Waals surface area (Å²) in [6.07, 6.45) is 6.96. The molecule has 1 amide bonds. The predicted molar refractivity (Wildman–Crippen MR) is 73.3 cm³/mol. The van der Waals surface area contributed by atoms with Crippen LogP contribution in [0, 0.1) is 17.8 Å². The number of nitrogens with one attached hydrogen (secondary N) is 2. The summed E-state index contributed by atoms with van der Waals surface area (Å²) in [5.41, 5.74) is 3.64. The molecular weight excluding hydrogens is 240 g/mol.